The molecule has 1 unspecified atom stereocenters. The molecule has 4 rings (SSSR count). The molecule has 0 aliphatic carbocycles. The number of hydrogen-bond donors (Lipinski definition) is 0. The van der Waals surface area contributed by atoms with Gasteiger partial charge in [-0.1, -0.05) is 6.07 Å². The minimum atomic E-state index is 0.0732. The fraction of sp³-hybridized carbons (Fsp3) is 0.750. The van der Waals surface area contributed by atoms with E-state index in [0.29, 0.717) is 6.10 Å². The van der Waals surface area contributed by atoms with E-state index >= 15 is 0 Å². The summed E-state index contributed by atoms with van der Waals surface area (Å²) in [6.45, 7) is 8.44. The molecule has 3 fully saturated rings. The van der Waals surface area contributed by atoms with Crippen LogP contribution in [0, 0.1) is 0 Å². The summed E-state index contributed by atoms with van der Waals surface area (Å²) in [5.41, 5.74) is 1.37. The van der Waals surface area contributed by atoms with Crippen molar-refractivity contribution in [1.29, 1.82) is 0 Å². The van der Waals surface area contributed by atoms with E-state index in [1.54, 1.807) is 0 Å². The minimum absolute atomic E-state index is 0.0732. The van der Waals surface area contributed by atoms with E-state index in [0.717, 1.165) is 58.7 Å². The normalized spacial score (nSPS) is 27.3. The zero-order valence-electron chi connectivity index (χ0n) is 15.2. The molecular formula is C20H31N3O2. The molecule has 1 atom stereocenters. The number of hydrogen-bond acceptors (Lipinski definition) is 5. The third-order valence-corrected chi connectivity index (χ3v) is 6.03. The van der Waals surface area contributed by atoms with E-state index in [4.69, 9.17) is 9.47 Å². The first-order valence-corrected chi connectivity index (χ1v) is 9.91. The Morgan fingerprint density at radius 1 is 1.16 bits per heavy atom. The fourth-order valence-corrected chi connectivity index (χ4v) is 4.48. The molecule has 5 heteroatoms. The number of ether oxygens (including phenoxy) is 2. The standard InChI is InChI=1S/C20H31N3O2/c1-2-9-22(8-1)12-13-24-19-14-20(25-17-19)5-10-23(11-6-20)16-18-4-3-7-21-15-18/h3-4,7,15,19H,1-2,5-6,8-14,16-17H2. The highest BCUT2D eigenvalue weighted by Gasteiger charge is 2.43. The Morgan fingerprint density at radius 2 is 2.00 bits per heavy atom. The van der Waals surface area contributed by atoms with E-state index in [1.807, 2.05) is 18.5 Å². The zero-order chi connectivity index (χ0) is 17.0. The lowest BCUT2D eigenvalue weighted by atomic mass is 9.88. The maximum atomic E-state index is 6.24. The summed E-state index contributed by atoms with van der Waals surface area (Å²) in [6.07, 6.45) is 10.1. The van der Waals surface area contributed by atoms with Crippen molar-refractivity contribution >= 4 is 0 Å². The smallest absolute Gasteiger partial charge is 0.0836 e. The molecule has 0 amide bonds. The van der Waals surface area contributed by atoms with Crippen molar-refractivity contribution < 1.29 is 9.47 Å². The van der Waals surface area contributed by atoms with Gasteiger partial charge in [0.1, 0.15) is 0 Å². The van der Waals surface area contributed by atoms with Gasteiger partial charge in [0.15, 0.2) is 0 Å². The fourth-order valence-electron chi connectivity index (χ4n) is 4.48. The lowest BCUT2D eigenvalue weighted by molar-refractivity contribution is -0.0467. The first-order valence-electron chi connectivity index (χ1n) is 9.91. The summed E-state index contributed by atoms with van der Waals surface area (Å²) in [5.74, 6) is 0. The van der Waals surface area contributed by atoms with Gasteiger partial charge < -0.3 is 14.4 Å². The van der Waals surface area contributed by atoms with Crippen LogP contribution >= 0.6 is 0 Å². The van der Waals surface area contributed by atoms with Gasteiger partial charge in [0.2, 0.25) is 0 Å². The van der Waals surface area contributed by atoms with Crippen LogP contribution in [0.3, 0.4) is 0 Å². The van der Waals surface area contributed by atoms with Crippen LogP contribution in [-0.4, -0.2) is 72.4 Å². The van der Waals surface area contributed by atoms with Crippen molar-refractivity contribution in [3.8, 4) is 0 Å². The van der Waals surface area contributed by atoms with Crippen molar-refractivity contribution in [2.75, 3.05) is 45.9 Å². The van der Waals surface area contributed by atoms with E-state index in [-0.39, 0.29) is 5.60 Å². The Bertz CT molecular complexity index is 525. The summed E-state index contributed by atoms with van der Waals surface area (Å²) in [4.78, 5) is 9.25. The quantitative estimate of drug-likeness (QED) is 0.791. The second-order valence-electron chi connectivity index (χ2n) is 7.88. The molecular weight excluding hydrogens is 314 g/mol. The van der Waals surface area contributed by atoms with Crippen LogP contribution in [0.1, 0.15) is 37.7 Å². The first kappa shape index (κ1) is 17.4. The van der Waals surface area contributed by atoms with E-state index in [9.17, 15) is 0 Å². The zero-order valence-corrected chi connectivity index (χ0v) is 15.2. The topological polar surface area (TPSA) is 37.8 Å². The molecule has 0 N–H and O–H groups in total. The van der Waals surface area contributed by atoms with Crippen molar-refractivity contribution in [2.24, 2.45) is 0 Å². The van der Waals surface area contributed by atoms with Crippen LogP contribution < -0.4 is 0 Å². The van der Waals surface area contributed by atoms with Crippen LogP contribution in [0.25, 0.3) is 0 Å². The van der Waals surface area contributed by atoms with Gasteiger partial charge in [0, 0.05) is 45.0 Å². The monoisotopic (exact) mass is 345 g/mol. The molecule has 1 aromatic rings. The third kappa shape index (κ3) is 4.59. The molecule has 3 aliphatic heterocycles. The first-order chi connectivity index (χ1) is 12.3. The molecule has 1 spiro atoms. The van der Waals surface area contributed by atoms with Gasteiger partial charge in [0.25, 0.3) is 0 Å². The summed E-state index contributed by atoms with van der Waals surface area (Å²) < 4.78 is 12.4. The highest BCUT2D eigenvalue weighted by Crippen LogP contribution is 2.37. The maximum absolute atomic E-state index is 6.24. The van der Waals surface area contributed by atoms with Crippen molar-refractivity contribution in [2.45, 2.75) is 50.4 Å². The molecule has 3 saturated heterocycles. The number of likely N-dealkylation sites (tertiary alicyclic amines) is 2. The molecule has 0 aromatic carbocycles. The summed E-state index contributed by atoms with van der Waals surface area (Å²) in [6, 6.07) is 4.18. The third-order valence-electron chi connectivity index (χ3n) is 6.03. The highest BCUT2D eigenvalue weighted by atomic mass is 16.6. The van der Waals surface area contributed by atoms with Crippen LogP contribution in [-0.2, 0) is 16.0 Å². The lowest BCUT2D eigenvalue weighted by Gasteiger charge is -2.38. The van der Waals surface area contributed by atoms with Crippen LogP contribution in [0.2, 0.25) is 0 Å². The van der Waals surface area contributed by atoms with Gasteiger partial charge >= 0.3 is 0 Å². The average Bonchev–Trinajstić information content (AvgIpc) is 3.29. The number of pyridine rings is 1. The minimum Gasteiger partial charge on any atom is -0.374 e. The second kappa shape index (κ2) is 8.12. The second-order valence-corrected chi connectivity index (χ2v) is 7.88. The average molecular weight is 345 g/mol. The Hall–Kier alpha value is -1.01. The van der Waals surface area contributed by atoms with E-state index in [2.05, 4.69) is 20.9 Å². The van der Waals surface area contributed by atoms with Gasteiger partial charge in [-0.25, -0.2) is 0 Å². The van der Waals surface area contributed by atoms with Crippen molar-refractivity contribution in [1.82, 2.24) is 14.8 Å². The SMILES string of the molecule is c1cncc(CN2CCC3(CC2)CC(OCCN2CCCC2)CO3)c1. The maximum Gasteiger partial charge on any atom is 0.0836 e. The molecule has 1 aromatic heterocycles. The number of nitrogens with zero attached hydrogens (tertiary/aromatic N) is 3. The Balaban J connectivity index is 1.18. The molecule has 0 saturated carbocycles. The molecule has 3 aliphatic rings. The summed E-state index contributed by atoms with van der Waals surface area (Å²) >= 11 is 0. The Kier molecular flexibility index (Phi) is 5.66. The lowest BCUT2D eigenvalue weighted by Crippen LogP contribution is -2.44. The van der Waals surface area contributed by atoms with Gasteiger partial charge in [-0.15, -0.1) is 0 Å². The number of rotatable bonds is 6. The highest BCUT2D eigenvalue weighted by molar-refractivity contribution is 5.08. The van der Waals surface area contributed by atoms with Crippen LogP contribution in [0.15, 0.2) is 24.5 Å². The van der Waals surface area contributed by atoms with E-state index < -0.39 is 0 Å². The van der Waals surface area contributed by atoms with Gasteiger partial charge in [0.05, 0.1) is 24.9 Å². The number of piperidine rings is 1. The molecule has 138 valence electrons. The van der Waals surface area contributed by atoms with Crippen LogP contribution in [0.5, 0.6) is 0 Å². The van der Waals surface area contributed by atoms with E-state index in [1.165, 1.54) is 31.5 Å². The molecule has 0 radical (unpaired) electrons. The van der Waals surface area contributed by atoms with Crippen molar-refractivity contribution in [3.63, 3.8) is 0 Å². The van der Waals surface area contributed by atoms with Crippen molar-refractivity contribution in [3.05, 3.63) is 30.1 Å². The number of aromatic nitrogens is 1. The molecule has 4 heterocycles. The van der Waals surface area contributed by atoms with Gasteiger partial charge in [-0.05, 0) is 50.4 Å². The molecule has 25 heavy (non-hydrogen) atoms. The van der Waals surface area contributed by atoms with Crippen LogP contribution in [0.4, 0.5) is 0 Å². The van der Waals surface area contributed by atoms with Gasteiger partial charge in [-0.3, -0.25) is 9.88 Å². The molecule has 5 nitrogen and oxygen atoms in total. The largest absolute Gasteiger partial charge is 0.374 e. The summed E-state index contributed by atoms with van der Waals surface area (Å²) in [7, 11) is 0. The summed E-state index contributed by atoms with van der Waals surface area (Å²) in [5, 5.41) is 0. The molecule has 0 bridgehead atoms. The Morgan fingerprint density at radius 3 is 2.76 bits per heavy atom. The predicted octanol–water partition coefficient (Wildman–Crippen LogP) is 2.32. The Labute approximate surface area is 151 Å². The van der Waals surface area contributed by atoms with Gasteiger partial charge in [-0.2, -0.15) is 0 Å². The predicted molar refractivity (Wildman–Crippen MR) is 97.5 cm³/mol.